The van der Waals surface area contributed by atoms with E-state index < -0.39 is 7.15 Å². The number of fused-ring (bicyclic) bond motifs is 16. The van der Waals surface area contributed by atoms with Crippen LogP contribution in [0, 0.1) is 0 Å². The van der Waals surface area contributed by atoms with Crippen LogP contribution in [0.5, 0.6) is 0 Å². The summed E-state index contributed by atoms with van der Waals surface area (Å²) in [5.41, 5.74) is 24.0. The van der Waals surface area contributed by atoms with Gasteiger partial charge < -0.3 is 15.5 Å². The summed E-state index contributed by atoms with van der Waals surface area (Å²) in [6.45, 7) is 0. The summed E-state index contributed by atoms with van der Waals surface area (Å²) in [4.78, 5) is 23.3. The average Bonchev–Trinajstić information content (AvgIpc) is 1.55. The maximum atomic E-state index is 9.96. The Balaban J connectivity index is 0.000000134. The number of halogens is 2. The van der Waals surface area contributed by atoms with Gasteiger partial charge in [-0.25, -0.2) is 19.9 Å². The Morgan fingerprint density at radius 3 is 1.11 bits per heavy atom. The van der Waals surface area contributed by atoms with Crippen molar-refractivity contribution in [2.45, 2.75) is 0 Å². The van der Waals surface area contributed by atoms with Crippen LogP contribution in [-0.4, -0.2) is 45.8 Å². The fourth-order valence-corrected chi connectivity index (χ4v) is 14.8. The summed E-state index contributed by atoms with van der Waals surface area (Å²) in [5.74, 6) is 0.825. The standard InChI is InChI=1S/C44H28N4.C30H20N2.C14H9BrN2.CH3F.Na.H/c1-3-13-29(14-4-1)30-23-25-32(26-24-30)47-37-21-11-7-17-33(37)41-39(47)27-28-40-42(41)34-18-8-12-22-38(34)48(40)44-43(31-15-5-2-6-16-31)45-35-19-9-10-20-36(35)46-44;1-2-8-20(9-3-1)21-14-16-22(17-15-21)32-27-13-7-5-11-24(27)30-28(32)19-18-26-29(30)23-10-4-6-12-25(23)31-26;15-14-13(10-6-2-1-3-7-10)16-11-8-4-5-9-12(11)17-14;1-2;;/h1-28H;1-19,31H;1-9H;1H3;;/q;;;;+1;-1/i;;;1D;;. The number of aromatic amines is 1. The second-order valence-corrected chi connectivity index (χ2v) is 25.0. The van der Waals surface area contributed by atoms with Gasteiger partial charge in [0.25, 0.3) is 0 Å². The molecule has 0 fully saturated rings. The third-order valence-corrected chi connectivity index (χ3v) is 19.2. The third kappa shape index (κ3) is 11.3. The van der Waals surface area contributed by atoms with Crippen LogP contribution in [0.3, 0.4) is 0 Å². The zero-order valence-corrected chi connectivity index (χ0v) is 58.0. The number of nitrogens with one attached hydrogen (secondary N) is 1. The van der Waals surface area contributed by atoms with Crippen molar-refractivity contribution in [1.29, 1.82) is 0 Å². The number of benzene rings is 14. The molecular formula is C89H61BrFN8Na. The number of para-hydroxylation sites is 8. The molecule has 0 spiro atoms. The van der Waals surface area contributed by atoms with Crippen molar-refractivity contribution < 1.29 is 36.7 Å². The van der Waals surface area contributed by atoms with Crippen molar-refractivity contribution in [1.82, 2.24) is 38.6 Å². The van der Waals surface area contributed by atoms with E-state index in [-0.39, 0.29) is 31.0 Å². The van der Waals surface area contributed by atoms with E-state index in [9.17, 15) is 4.39 Å². The second-order valence-electron chi connectivity index (χ2n) is 24.3. The van der Waals surface area contributed by atoms with Gasteiger partial charge in [0.15, 0.2) is 5.82 Å². The van der Waals surface area contributed by atoms with Crippen LogP contribution in [0.15, 0.2) is 344 Å². The van der Waals surface area contributed by atoms with Crippen LogP contribution in [0.25, 0.3) is 171 Å². The Morgan fingerprint density at radius 1 is 0.300 bits per heavy atom. The van der Waals surface area contributed by atoms with Gasteiger partial charge in [-0.15, -0.1) is 0 Å². The minimum Gasteiger partial charge on any atom is -1.00 e. The van der Waals surface area contributed by atoms with Crippen molar-refractivity contribution in [3.63, 3.8) is 0 Å². The Hall–Kier alpha value is -11.6. The maximum Gasteiger partial charge on any atom is 1.00 e. The van der Waals surface area contributed by atoms with Gasteiger partial charge in [0.05, 0.1) is 63.7 Å². The van der Waals surface area contributed by atoms with Gasteiger partial charge in [-0.3, -0.25) is 8.96 Å². The molecule has 14 aromatic carbocycles. The zero-order valence-electron chi connectivity index (χ0n) is 56.4. The van der Waals surface area contributed by atoms with Gasteiger partial charge in [0.2, 0.25) is 0 Å². The molecule has 6 heterocycles. The van der Waals surface area contributed by atoms with Crippen LogP contribution in [-0.2, 0) is 0 Å². The van der Waals surface area contributed by atoms with Gasteiger partial charge in [-0.2, -0.15) is 0 Å². The largest absolute Gasteiger partial charge is 1.00 e. The smallest absolute Gasteiger partial charge is 1.00 e. The first-order valence-electron chi connectivity index (χ1n) is 33.5. The molecule has 6 aromatic heterocycles. The summed E-state index contributed by atoms with van der Waals surface area (Å²) in [6.07, 6.45) is 0. The van der Waals surface area contributed by atoms with E-state index in [1.54, 1.807) is 0 Å². The van der Waals surface area contributed by atoms with E-state index in [0.29, 0.717) is 0 Å². The number of hydrogen-bond acceptors (Lipinski definition) is 4. The normalized spacial score (nSPS) is 11.4. The quantitative estimate of drug-likeness (QED) is 0.161. The van der Waals surface area contributed by atoms with Gasteiger partial charge in [-0.05, 0) is 135 Å². The minimum atomic E-state index is -1.00. The van der Waals surface area contributed by atoms with Gasteiger partial charge in [-0.1, -0.05) is 243 Å². The predicted octanol–water partition coefficient (Wildman–Crippen LogP) is 21.0. The van der Waals surface area contributed by atoms with Crippen LogP contribution < -0.4 is 29.6 Å². The van der Waals surface area contributed by atoms with E-state index in [1.165, 1.54) is 104 Å². The number of nitrogens with zero attached hydrogens (tertiary/aromatic N) is 7. The van der Waals surface area contributed by atoms with E-state index in [0.717, 1.165) is 71.7 Å². The van der Waals surface area contributed by atoms with E-state index in [1.807, 2.05) is 84.9 Å². The molecular weight excluding hydrogens is 1300 g/mol. The molecule has 0 saturated carbocycles. The molecule has 0 bridgehead atoms. The molecule has 0 atom stereocenters. The molecule has 8 nitrogen and oxygen atoms in total. The Labute approximate surface area is 609 Å². The van der Waals surface area contributed by atoms with Crippen molar-refractivity contribution in [2.75, 3.05) is 7.15 Å². The first-order chi connectivity index (χ1) is 49.5. The third-order valence-electron chi connectivity index (χ3n) is 18.6. The molecule has 1 N–H and O–H groups in total. The van der Waals surface area contributed by atoms with E-state index in [2.05, 4.69) is 299 Å². The van der Waals surface area contributed by atoms with E-state index in [4.69, 9.17) is 11.3 Å². The van der Waals surface area contributed by atoms with Crippen LogP contribution in [0.2, 0.25) is 0 Å². The molecule has 0 aliphatic carbocycles. The molecule has 100 heavy (non-hydrogen) atoms. The number of aromatic nitrogens is 8. The average molecular weight is 1370 g/mol. The summed E-state index contributed by atoms with van der Waals surface area (Å²) in [6, 6.07) is 119. The Bertz CT molecular complexity index is 6410. The molecule has 20 aromatic rings. The first-order valence-corrected chi connectivity index (χ1v) is 33.6. The molecule has 0 radical (unpaired) electrons. The maximum absolute atomic E-state index is 9.96. The molecule has 0 aliphatic rings. The topological polar surface area (TPSA) is 82.1 Å². The zero-order chi connectivity index (χ0) is 67.0. The number of alkyl halides is 1. The summed E-state index contributed by atoms with van der Waals surface area (Å²) in [7, 11) is -1.00. The molecule has 11 heteroatoms. The molecule has 472 valence electrons. The van der Waals surface area contributed by atoms with Crippen molar-refractivity contribution in [2.24, 2.45) is 0 Å². The van der Waals surface area contributed by atoms with Gasteiger partial charge >= 0.3 is 29.6 Å². The first kappa shape index (κ1) is 61.9. The summed E-state index contributed by atoms with van der Waals surface area (Å²) in [5, 5.41) is 10.0. The number of rotatable bonds is 7. The van der Waals surface area contributed by atoms with Crippen molar-refractivity contribution in [3.8, 4) is 62.0 Å². The SMILES string of the molecule is Brc1nc2ccccc2nc1-c1ccccc1.[2H]CF.[H-].[Na+].c1ccc(-c2ccc(-n3c4ccccc4c4c5c(ccc43)[nH]c3ccccc35)cc2)cc1.c1ccc(-c2ccc(-n3c4ccccc4c4c5c6ccccc6n(-c6nc7ccccc7nc6-c6ccccc6)c5ccc43)cc2)cc1. The molecule has 0 amide bonds. The van der Waals surface area contributed by atoms with Crippen LogP contribution in [0.1, 0.15) is 2.80 Å². The van der Waals surface area contributed by atoms with Gasteiger partial charge in [0, 0.05) is 76.6 Å². The predicted molar refractivity (Wildman–Crippen MR) is 415 cm³/mol. The fraction of sp³-hybridized carbons (Fsp3) is 0.0112. The number of H-pyrrole nitrogens is 1. The van der Waals surface area contributed by atoms with Crippen molar-refractivity contribution in [3.05, 3.63) is 344 Å². The number of hydrogen-bond donors (Lipinski definition) is 1. The summed E-state index contributed by atoms with van der Waals surface area (Å²) >= 11 is 3.48. The summed E-state index contributed by atoms with van der Waals surface area (Å²) < 4.78 is 23.4. The van der Waals surface area contributed by atoms with E-state index >= 15 is 0 Å². The Kier molecular flexibility index (Phi) is 16.9. The molecule has 20 rings (SSSR count). The van der Waals surface area contributed by atoms with Gasteiger partial charge in [0.1, 0.15) is 16.0 Å². The van der Waals surface area contributed by atoms with Crippen LogP contribution in [0.4, 0.5) is 4.39 Å². The van der Waals surface area contributed by atoms with Crippen LogP contribution >= 0.6 is 15.9 Å². The minimum absolute atomic E-state index is 0. The molecule has 0 unspecified atom stereocenters. The second kappa shape index (κ2) is 27.4. The fourth-order valence-electron chi connectivity index (χ4n) is 14.3. The van der Waals surface area contributed by atoms with Crippen molar-refractivity contribution >= 4 is 125 Å². The Morgan fingerprint density at radius 2 is 0.630 bits per heavy atom. The molecule has 0 aliphatic heterocycles. The monoisotopic (exact) mass is 1360 g/mol. The molecule has 0 saturated heterocycles.